The van der Waals surface area contributed by atoms with Gasteiger partial charge in [-0.25, -0.2) is 0 Å². The lowest BCUT2D eigenvalue weighted by molar-refractivity contribution is -0.136. The van der Waals surface area contributed by atoms with E-state index in [-0.39, 0.29) is 29.7 Å². The van der Waals surface area contributed by atoms with Crippen LogP contribution < -0.4 is 10.6 Å². The average molecular weight is 427 g/mol. The number of carbonyl (C=O) groups excluding carboxylic acids is 3. The van der Waals surface area contributed by atoms with Gasteiger partial charge in [0.05, 0.1) is 0 Å². The molecule has 0 saturated carbocycles. The number of benzene rings is 1. The molecule has 8 heteroatoms. The Morgan fingerprint density at radius 3 is 2.74 bits per heavy atom. The van der Waals surface area contributed by atoms with Gasteiger partial charge in [-0.15, -0.1) is 0 Å². The van der Waals surface area contributed by atoms with Crippen LogP contribution in [0, 0.1) is 0 Å². The zero-order chi connectivity index (χ0) is 21.4. The van der Waals surface area contributed by atoms with Gasteiger partial charge < -0.3 is 15.0 Å². The van der Waals surface area contributed by atoms with Crippen LogP contribution in [0.15, 0.2) is 18.2 Å². The van der Waals surface area contributed by atoms with Gasteiger partial charge >= 0.3 is 0 Å². The summed E-state index contributed by atoms with van der Waals surface area (Å²) in [6, 6.07) is 5.52. The maximum atomic E-state index is 12.9. The highest BCUT2D eigenvalue weighted by Crippen LogP contribution is 2.34. The number of hydrogen-bond donors (Lipinski definition) is 2. The molecule has 1 aromatic rings. The largest absolute Gasteiger partial charge is 0.381 e. The summed E-state index contributed by atoms with van der Waals surface area (Å²) in [4.78, 5) is 40.9. The molecule has 1 atom stereocenters. The molecule has 3 saturated heterocycles. The third-order valence-electron chi connectivity index (χ3n) is 7.38. The number of hydrogen-bond acceptors (Lipinski definition) is 6. The Labute approximate surface area is 182 Å². The van der Waals surface area contributed by atoms with E-state index in [0.717, 1.165) is 64.2 Å². The molecule has 3 fully saturated rings. The van der Waals surface area contributed by atoms with Crippen LogP contribution in [0.3, 0.4) is 0 Å². The molecule has 4 aliphatic rings. The SMILES string of the molecule is O=C1CCC(N2Cc3cc(CN4CCNCCC45CCOCC5)ccc3C2=O)C(=O)N1. The van der Waals surface area contributed by atoms with Crippen molar-refractivity contribution in [1.29, 1.82) is 0 Å². The lowest BCUT2D eigenvalue weighted by Gasteiger charge is -2.45. The number of piperidine rings is 1. The van der Waals surface area contributed by atoms with Gasteiger partial charge in [-0.2, -0.15) is 0 Å². The van der Waals surface area contributed by atoms with Gasteiger partial charge in [0.15, 0.2) is 0 Å². The van der Waals surface area contributed by atoms with E-state index in [0.29, 0.717) is 18.5 Å². The van der Waals surface area contributed by atoms with E-state index >= 15 is 0 Å². The van der Waals surface area contributed by atoms with Gasteiger partial charge in [0.1, 0.15) is 6.04 Å². The number of carbonyl (C=O) groups is 3. The van der Waals surface area contributed by atoms with Crippen LogP contribution in [0.4, 0.5) is 0 Å². The van der Waals surface area contributed by atoms with Crippen LogP contribution in [0.25, 0.3) is 0 Å². The van der Waals surface area contributed by atoms with Crippen molar-refractivity contribution in [3.05, 3.63) is 34.9 Å². The smallest absolute Gasteiger partial charge is 0.255 e. The number of imide groups is 1. The fourth-order valence-electron chi connectivity index (χ4n) is 5.57. The van der Waals surface area contributed by atoms with Gasteiger partial charge in [-0.05, 0) is 49.4 Å². The molecule has 0 radical (unpaired) electrons. The fourth-order valence-corrected chi connectivity index (χ4v) is 5.57. The average Bonchev–Trinajstić information content (AvgIpc) is 2.97. The van der Waals surface area contributed by atoms with Gasteiger partial charge in [-0.1, -0.05) is 12.1 Å². The van der Waals surface area contributed by atoms with Crippen LogP contribution >= 0.6 is 0 Å². The molecule has 166 valence electrons. The Morgan fingerprint density at radius 2 is 1.94 bits per heavy atom. The van der Waals surface area contributed by atoms with Crippen molar-refractivity contribution < 1.29 is 19.1 Å². The van der Waals surface area contributed by atoms with Crippen LogP contribution in [-0.4, -0.2) is 72.0 Å². The molecule has 1 spiro atoms. The molecule has 3 amide bonds. The summed E-state index contributed by atoms with van der Waals surface area (Å²) in [5, 5.41) is 5.90. The van der Waals surface area contributed by atoms with Crippen molar-refractivity contribution in [1.82, 2.24) is 20.4 Å². The van der Waals surface area contributed by atoms with Crippen molar-refractivity contribution in [2.75, 3.05) is 32.8 Å². The van der Waals surface area contributed by atoms with Gasteiger partial charge in [0.25, 0.3) is 5.91 Å². The van der Waals surface area contributed by atoms with Gasteiger partial charge in [0.2, 0.25) is 11.8 Å². The van der Waals surface area contributed by atoms with Crippen LogP contribution in [0.5, 0.6) is 0 Å². The van der Waals surface area contributed by atoms with E-state index in [1.165, 1.54) is 5.56 Å². The van der Waals surface area contributed by atoms with Crippen molar-refractivity contribution in [2.45, 2.75) is 56.8 Å². The van der Waals surface area contributed by atoms with Crippen LogP contribution in [-0.2, 0) is 27.4 Å². The molecular weight excluding hydrogens is 396 g/mol. The number of nitrogens with one attached hydrogen (secondary N) is 2. The summed E-state index contributed by atoms with van der Waals surface area (Å²) >= 11 is 0. The first-order valence-electron chi connectivity index (χ1n) is 11.4. The van der Waals surface area contributed by atoms with Crippen molar-refractivity contribution in [2.24, 2.45) is 0 Å². The molecule has 4 heterocycles. The van der Waals surface area contributed by atoms with E-state index < -0.39 is 6.04 Å². The Bertz CT molecular complexity index is 896. The maximum absolute atomic E-state index is 12.9. The number of nitrogens with zero attached hydrogens (tertiary/aromatic N) is 2. The number of amides is 3. The third kappa shape index (κ3) is 3.88. The van der Waals surface area contributed by atoms with E-state index in [9.17, 15) is 14.4 Å². The minimum Gasteiger partial charge on any atom is -0.381 e. The minimum absolute atomic E-state index is 0.115. The first kappa shape index (κ1) is 20.6. The van der Waals surface area contributed by atoms with Gasteiger partial charge in [0, 0.05) is 56.9 Å². The Hall–Kier alpha value is -2.29. The van der Waals surface area contributed by atoms with E-state index in [1.807, 2.05) is 6.07 Å². The van der Waals surface area contributed by atoms with Crippen molar-refractivity contribution in [3.8, 4) is 0 Å². The molecule has 2 N–H and O–H groups in total. The Balaban J connectivity index is 1.34. The highest BCUT2D eigenvalue weighted by atomic mass is 16.5. The molecule has 31 heavy (non-hydrogen) atoms. The lowest BCUT2D eigenvalue weighted by atomic mass is 9.84. The Kier molecular flexibility index (Phi) is 5.54. The van der Waals surface area contributed by atoms with E-state index in [4.69, 9.17) is 4.74 Å². The number of rotatable bonds is 3. The number of ether oxygens (including phenoxy) is 1. The topological polar surface area (TPSA) is 91.0 Å². The monoisotopic (exact) mass is 426 g/mol. The highest BCUT2D eigenvalue weighted by molar-refractivity contribution is 6.05. The standard InChI is InChI=1S/C23H30N4O4/c28-20-4-3-19(21(29)25-20)27-15-17-13-16(1-2-18(17)22(27)30)14-26-10-9-24-8-5-23(26)6-11-31-12-7-23/h1-2,13,19,24H,3-12,14-15H2,(H,25,28,29). The minimum atomic E-state index is -0.566. The molecule has 0 bridgehead atoms. The molecule has 1 unspecified atom stereocenters. The van der Waals surface area contributed by atoms with Gasteiger partial charge in [-0.3, -0.25) is 24.6 Å². The van der Waals surface area contributed by atoms with Crippen molar-refractivity contribution >= 4 is 17.7 Å². The molecule has 8 nitrogen and oxygen atoms in total. The summed E-state index contributed by atoms with van der Waals surface area (Å²) in [7, 11) is 0. The molecule has 1 aromatic carbocycles. The lowest BCUT2D eigenvalue weighted by Crippen LogP contribution is -2.52. The highest BCUT2D eigenvalue weighted by Gasteiger charge is 2.41. The molecule has 0 aromatic heterocycles. The third-order valence-corrected chi connectivity index (χ3v) is 7.38. The summed E-state index contributed by atoms with van der Waals surface area (Å²) < 4.78 is 5.65. The first-order valence-corrected chi connectivity index (χ1v) is 11.4. The summed E-state index contributed by atoms with van der Waals surface area (Å²) in [5.41, 5.74) is 3.02. The molecular formula is C23H30N4O4. The molecule has 4 aliphatic heterocycles. The second-order valence-corrected chi connectivity index (χ2v) is 9.15. The number of fused-ring (bicyclic) bond motifs is 1. The van der Waals surface area contributed by atoms with Crippen molar-refractivity contribution in [3.63, 3.8) is 0 Å². The zero-order valence-corrected chi connectivity index (χ0v) is 17.8. The predicted molar refractivity (Wildman–Crippen MR) is 113 cm³/mol. The summed E-state index contributed by atoms with van der Waals surface area (Å²) in [6.07, 6.45) is 3.91. The summed E-state index contributed by atoms with van der Waals surface area (Å²) in [6.45, 7) is 5.92. The summed E-state index contributed by atoms with van der Waals surface area (Å²) in [5.74, 6) is -0.742. The zero-order valence-electron chi connectivity index (χ0n) is 17.8. The van der Waals surface area contributed by atoms with Crippen LogP contribution in [0.2, 0.25) is 0 Å². The molecule has 0 aliphatic carbocycles. The maximum Gasteiger partial charge on any atom is 0.255 e. The first-order chi connectivity index (χ1) is 15.1. The fraction of sp³-hybridized carbons (Fsp3) is 0.609. The Morgan fingerprint density at radius 1 is 1.10 bits per heavy atom. The normalized spacial score (nSPS) is 26.6. The quantitative estimate of drug-likeness (QED) is 0.695. The second kappa shape index (κ2) is 8.33. The van der Waals surface area contributed by atoms with E-state index in [2.05, 4.69) is 27.7 Å². The second-order valence-electron chi connectivity index (χ2n) is 9.15. The predicted octanol–water partition coefficient (Wildman–Crippen LogP) is 0.792. The van der Waals surface area contributed by atoms with E-state index in [1.54, 1.807) is 4.90 Å². The van der Waals surface area contributed by atoms with Crippen LogP contribution in [0.1, 0.15) is 53.6 Å². The molecule has 5 rings (SSSR count).